The molecule has 2 rings (SSSR count). The highest BCUT2D eigenvalue weighted by atomic mass is 32.2. The lowest BCUT2D eigenvalue weighted by Crippen LogP contribution is -2.28. The van der Waals surface area contributed by atoms with Gasteiger partial charge in [0.25, 0.3) is 0 Å². The Hall–Kier alpha value is -1.43. The third-order valence-corrected chi connectivity index (χ3v) is 5.19. The maximum absolute atomic E-state index is 11.8. The fourth-order valence-electron chi connectivity index (χ4n) is 1.80. The highest BCUT2D eigenvalue weighted by Gasteiger charge is 2.43. The van der Waals surface area contributed by atoms with Crippen LogP contribution in [0, 0.1) is 16.6 Å². The van der Waals surface area contributed by atoms with Crippen LogP contribution in [-0.2, 0) is 19.9 Å². The minimum absolute atomic E-state index is 0.00593. The normalized spacial score (nSPS) is 21.5. The predicted molar refractivity (Wildman–Crippen MR) is 63.2 cm³/mol. The van der Waals surface area contributed by atoms with Crippen LogP contribution in [0.2, 0.25) is 0 Å². The van der Waals surface area contributed by atoms with Crippen LogP contribution in [-0.4, -0.2) is 23.1 Å². The number of nitrogens with one attached hydrogen (secondary N) is 1. The number of rotatable bonds is 2. The Labute approximate surface area is 105 Å². The third-order valence-electron chi connectivity index (χ3n) is 2.56. The molecule has 0 bridgehead atoms. The van der Waals surface area contributed by atoms with E-state index in [1.165, 1.54) is 18.2 Å². The quantitative estimate of drug-likeness (QED) is 0.831. The summed E-state index contributed by atoms with van der Waals surface area (Å²) in [5, 5.41) is 8.41. The molecule has 0 fully saturated rings. The lowest BCUT2D eigenvalue weighted by atomic mass is 10.1. The van der Waals surface area contributed by atoms with Gasteiger partial charge in [-0.2, -0.15) is 5.26 Å². The smallest absolute Gasteiger partial charge is 0.227 e. The Morgan fingerprint density at radius 3 is 2.56 bits per heavy atom. The molecule has 1 heterocycles. The average molecular weight is 285 g/mol. The molecule has 95 valence electrons. The third kappa shape index (κ3) is 2.01. The van der Waals surface area contributed by atoms with Gasteiger partial charge in [-0.3, -0.25) is 0 Å². The van der Waals surface area contributed by atoms with Crippen molar-refractivity contribution in [1.82, 2.24) is 4.72 Å². The van der Waals surface area contributed by atoms with E-state index < -0.39 is 31.2 Å². The van der Waals surface area contributed by atoms with Crippen LogP contribution >= 0.6 is 0 Å². The van der Waals surface area contributed by atoms with Gasteiger partial charge < -0.3 is 0 Å². The molecule has 8 heteroatoms. The summed E-state index contributed by atoms with van der Waals surface area (Å²) in [5.41, 5.74) is 0.277. The van der Waals surface area contributed by atoms with Crippen molar-refractivity contribution >= 4 is 19.9 Å². The molecule has 1 aliphatic heterocycles. The lowest BCUT2D eigenvalue weighted by Gasteiger charge is -2.13. The van der Waals surface area contributed by atoms with Gasteiger partial charge >= 0.3 is 0 Å². The molecule has 1 N–H and O–H groups in total. The zero-order chi connectivity index (χ0) is 13.6. The first kappa shape index (κ1) is 13.0. The van der Waals surface area contributed by atoms with Gasteiger partial charge in [0.2, 0.25) is 15.3 Å². The van der Waals surface area contributed by atoms with Gasteiger partial charge in [0.15, 0.2) is 9.84 Å². The number of nitrogens with zero attached hydrogens (tertiary/aromatic N) is 1. The number of hydrogen-bond donors (Lipinski definition) is 1. The maximum Gasteiger partial charge on any atom is 0.241 e. The number of sulfone groups is 1. The molecule has 18 heavy (non-hydrogen) atoms. The van der Waals surface area contributed by atoms with Gasteiger partial charge in [0.1, 0.15) is 0 Å². The highest BCUT2D eigenvalue weighted by molar-refractivity contribution is 7.94. The molecule has 0 aliphatic carbocycles. The molecular weight excluding hydrogens is 276 g/mol. The molecule has 1 atom stereocenters. The van der Waals surface area contributed by atoms with Crippen LogP contribution in [0.3, 0.4) is 0 Å². The molecule has 0 amide bonds. The highest BCUT2D eigenvalue weighted by Crippen LogP contribution is 2.37. The Morgan fingerprint density at radius 2 is 2.00 bits per heavy atom. The molecule has 0 saturated carbocycles. The summed E-state index contributed by atoms with van der Waals surface area (Å²) in [4.78, 5) is 0.00593. The Bertz CT molecular complexity index is 731. The standard InChI is InChI=1S/C10H9N2O4S2/c1-17(13,14)9(6-11)10-7-4-2-3-5-8(7)18(15,16)12-10/h2-5,10,12H,1H3. The number of nitriles is 1. The van der Waals surface area contributed by atoms with Crippen molar-refractivity contribution in [1.29, 1.82) is 5.26 Å². The average Bonchev–Trinajstić information content (AvgIpc) is 2.51. The van der Waals surface area contributed by atoms with Crippen molar-refractivity contribution in [3.8, 4) is 6.07 Å². The largest absolute Gasteiger partial charge is 0.241 e. The van der Waals surface area contributed by atoms with Gasteiger partial charge in [0, 0.05) is 6.26 Å². The van der Waals surface area contributed by atoms with Crippen molar-refractivity contribution in [3.63, 3.8) is 0 Å². The summed E-state index contributed by atoms with van der Waals surface area (Å²) < 4.78 is 48.7. The fourth-order valence-corrected chi connectivity index (χ4v) is 4.09. The topological polar surface area (TPSA) is 104 Å². The van der Waals surface area contributed by atoms with Crippen molar-refractivity contribution in [2.24, 2.45) is 0 Å². The monoisotopic (exact) mass is 285 g/mol. The predicted octanol–water partition coefficient (Wildman–Crippen LogP) is 0.120. The molecule has 6 nitrogen and oxygen atoms in total. The van der Waals surface area contributed by atoms with Crippen molar-refractivity contribution < 1.29 is 16.8 Å². The van der Waals surface area contributed by atoms with Crippen LogP contribution in [0.15, 0.2) is 29.2 Å². The van der Waals surface area contributed by atoms with Gasteiger partial charge in [-0.1, -0.05) is 18.2 Å². The zero-order valence-corrected chi connectivity index (χ0v) is 10.9. The fraction of sp³-hybridized carbons (Fsp3) is 0.200. The van der Waals surface area contributed by atoms with Crippen molar-refractivity contribution in [2.45, 2.75) is 10.9 Å². The van der Waals surface area contributed by atoms with Gasteiger partial charge in [-0.15, -0.1) is 0 Å². The van der Waals surface area contributed by atoms with Crippen molar-refractivity contribution in [3.05, 3.63) is 35.1 Å². The van der Waals surface area contributed by atoms with Crippen LogP contribution in [0.5, 0.6) is 0 Å². The molecule has 1 unspecified atom stereocenters. The van der Waals surface area contributed by atoms with Gasteiger partial charge in [-0.05, 0) is 11.6 Å². The minimum atomic E-state index is -3.76. The van der Waals surface area contributed by atoms with E-state index in [1.807, 2.05) is 0 Å². The second-order valence-corrected chi connectivity index (χ2v) is 7.51. The first-order valence-corrected chi connectivity index (χ1v) is 8.23. The maximum atomic E-state index is 11.8. The van der Waals surface area contributed by atoms with E-state index >= 15 is 0 Å². The van der Waals surface area contributed by atoms with E-state index in [0.717, 1.165) is 6.26 Å². The van der Waals surface area contributed by atoms with E-state index in [1.54, 1.807) is 12.1 Å². The summed E-state index contributed by atoms with van der Waals surface area (Å²) >= 11 is 0. The molecular formula is C10H9N2O4S2. The van der Waals surface area contributed by atoms with E-state index in [0.29, 0.717) is 0 Å². The van der Waals surface area contributed by atoms with Crippen LogP contribution < -0.4 is 4.72 Å². The second kappa shape index (κ2) is 4.05. The first-order chi connectivity index (χ1) is 8.27. The van der Waals surface area contributed by atoms with Gasteiger partial charge in [-0.25, -0.2) is 21.6 Å². The summed E-state index contributed by atoms with van der Waals surface area (Å²) in [5.74, 6) is 0. The molecule has 0 spiro atoms. The number of benzene rings is 1. The van der Waals surface area contributed by atoms with E-state index in [4.69, 9.17) is 5.26 Å². The summed E-state index contributed by atoms with van der Waals surface area (Å²) in [7, 11) is -7.52. The van der Waals surface area contributed by atoms with Gasteiger partial charge in [0.05, 0.1) is 17.0 Å². The molecule has 1 radical (unpaired) electrons. The SMILES string of the molecule is CS(=O)(=O)[C](C#N)C1NS(=O)(=O)c2ccccc21. The lowest BCUT2D eigenvalue weighted by molar-refractivity contribution is 0.579. The molecule has 0 aromatic heterocycles. The van der Waals surface area contributed by atoms with Crippen LogP contribution in [0.4, 0.5) is 0 Å². The summed E-state index contributed by atoms with van der Waals surface area (Å²) in [6, 6.07) is 6.41. The number of fused-ring (bicyclic) bond motifs is 1. The number of hydrogen-bond acceptors (Lipinski definition) is 5. The van der Waals surface area contributed by atoms with Crippen LogP contribution in [0.25, 0.3) is 0 Å². The van der Waals surface area contributed by atoms with E-state index in [-0.39, 0.29) is 10.5 Å². The molecule has 0 saturated heterocycles. The number of sulfonamides is 1. The zero-order valence-electron chi connectivity index (χ0n) is 9.28. The second-order valence-electron chi connectivity index (χ2n) is 3.84. The molecule has 1 aromatic carbocycles. The summed E-state index contributed by atoms with van der Waals surface area (Å²) in [6.07, 6.45) is 0.876. The van der Waals surface area contributed by atoms with E-state index in [9.17, 15) is 16.8 Å². The minimum Gasteiger partial charge on any atom is -0.227 e. The molecule has 1 aliphatic rings. The Balaban J connectivity index is 2.62. The Kier molecular flexibility index (Phi) is 2.93. The van der Waals surface area contributed by atoms with Crippen molar-refractivity contribution in [2.75, 3.05) is 6.26 Å². The Morgan fingerprint density at radius 1 is 1.39 bits per heavy atom. The van der Waals surface area contributed by atoms with Crippen LogP contribution in [0.1, 0.15) is 11.6 Å². The van der Waals surface area contributed by atoms with E-state index in [2.05, 4.69) is 4.72 Å². The summed E-state index contributed by atoms with van der Waals surface area (Å²) in [6.45, 7) is 0. The molecule has 1 aromatic rings. The first-order valence-electron chi connectivity index (χ1n) is 4.85.